The number of benzene rings is 1. The van der Waals surface area contributed by atoms with Crippen LogP contribution in [0.5, 0.6) is 5.75 Å². The van der Waals surface area contributed by atoms with Gasteiger partial charge >= 0.3 is 0 Å². The highest BCUT2D eigenvalue weighted by atomic mass is 32.2. The zero-order valence-corrected chi connectivity index (χ0v) is 15.2. The molecule has 1 aromatic heterocycles. The van der Waals surface area contributed by atoms with Gasteiger partial charge in [0.2, 0.25) is 11.0 Å². The molecule has 1 aliphatic carbocycles. The number of hydrogen-bond acceptors (Lipinski definition) is 7. The summed E-state index contributed by atoms with van der Waals surface area (Å²) in [5.74, 6) is 0.379. The predicted octanol–water partition coefficient (Wildman–Crippen LogP) is 2.62. The molecule has 25 heavy (non-hydrogen) atoms. The summed E-state index contributed by atoms with van der Waals surface area (Å²) in [6, 6.07) is 6.74. The number of aromatic nitrogens is 2. The molecule has 3 rings (SSSR count). The summed E-state index contributed by atoms with van der Waals surface area (Å²) in [6.45, 7) is 1.31. The van der Waals surface area contributed by atoms with E-state index in [2.05, 4.69) is 20.2 Å². The maximum Gasteiger partial charge on any atom is 0.291 e. The molecule has 0 bridgehead atoms. The summed E-state index contributed by atoms with van der Waals surface area (Å²) >= 11 is 0.783. The topological polar surface area (TPSA) is 110 Å². The number of nitrogens with zero attached hydrogens (tertiary/aromatic N) is 2. The molecule has 2 N–H and O–H groups in total. The second-order valence-electron chi connectivity index (χ2n) is 5.71. The van der Waals surface area contributed by atoms with Gasteiger partial charge in [0.15, 0.2) is 0 Å². The number of rotatable bonds is 6. The lowest BCUT2D eigenvalue weighted by Crippen LogP contribution is -2.13. The van der Waals surface area contributed by atoms with Crippen molar-refractivity contribution in [3.05, 3.63) is 24.3 Å². The van der Waals surface area contributed by atoms with Crippen molar-refractivity contribution in [2.24, 2.45) is 0 Å². The first-order valence-electron chi connectivity index (χ1n) is 7.83. The van der Waals surface area contributed by atoms with E-state index in [0.29, 0.717) is 5.69 Å². The largest absolute Gasteiger partial charge is 0.490 e. The van der Waals surface area contributed by atoms with E-state index < -0.39 is 10.0 Å². The Morgan fingerprint density at radius 1 is 1.20 bits per heavy atom. The van der Waals surface area contributed by atoms with Crippen LogP contribution in [0.2, 0.25) is 0 Å². The van der Waals surface area contributed by atoms with Crippen molar-refractivity contribution in [2.75, 3.05) is 10.0 Å². The fourth-order valence-electron chi connectivity index (χ4n) is 2.52. The third-order valence-corrected chi connectivity index (χ3v) is 6.22. The first kappa shape index (κ1) is 17.6. The van der Waals surface area contributed by atoms with Crippen molar-refractivity contribution in [2.45, 2.75) is 43.1 Å². The lowest BCUT2D eigenvalue weighted by molar-refractivity contribution is -0.114. The van der Waals surface area contributed by atoms with E-state index in [1.807, 2.05) is 0 Å². The van der Waals surface area contributed by atoms with Gasteiger partial charge in [-0.3, -0.25) is 9.52 Å². The average molecular weight is 382 g/mol. The molecule has 0 aliphatic heterocycles. The third kappa shape index (κ3) is 4.67. The van der Waals surface area contributed by atoms with Gasteiger partial charge in [-0.05, 0) is 49.9 Å². The lowest BCUT2D eigenvalue weighted by atomic mass is 10.3. The number of ether oxygens (including phenoxy) is 1. The van der Waals surface area contributed by atoms with Crippen LogP contribution in [0.15, 0.2) is 28.6 Å². The van der Waals surface area contributed by atoms with Gasteiger partial charge in [0.05, 0.1) is 6.10 Å². The summed E-state index contributed by atoms with van der Waals surface area (Å²) < 4.78 is 32.7. The van der Waals surface area contributed by atoms with Crippen LogP contribution >= 0.6 is 11.3 Å². The number of amides is 1. The van der Waals surface area contributed by atoms with Crippen molar-refractivity contribution in [3.8, 4) is 5.75 Å². The van der Waals surface area contributed by atoms with Gasteiger partial charge in [-0.2, -0.15) is 8.42 Å². The van der Waals surface area contributed by atoms with E-state index in [9.17, 15) is 13.2 Å². The Balaban J connectivity index is 1.65. The van der Waals surface area contributed by atoms with E-state index >= 15 is 0 Å². The molecule has 10 heteroatoms. The van der Waals surface area contributed by atoms with E-state index in [1.54, 1.807) is 24.3 Å². The summed E-state index contributed by atoms with van der Waals surface area (Å²) in [7, 11) is -3.86. The molecule has 0 spiro atoms. The summed E-state index contributed by atoms with van der Waals surface area (Å²) in [5, 5.41) is 9.77. The first-order chi connectivity index (χ1) is 11.9. The van der Waals surface area contributed by atoms with Gasteiger partial charge in [-0.1, -0.05) is 11.3 Å². The lowest BCUT2D eigenvalue weighted by Gasteiger charge is -2.13. The predicted molar refractivity (Wildman–Crippen MR) is 94.3 cm³/mol. The third-order valence-electron chi connectivity index (χ3n) is 3.63. The van der Waals surface area contributed by atoms with Crippen LogP contribution in [0.3, 0.4) is 0 Å². The Morgan fingerprint density at radius 2 is 1.88 bits per heavy atom. The molecule has 1 aliphatic rings. The molecule has 0 saturated heterocycles. The summed E-state index contributed by atoms with van der Waals surface area (Å²) in [6.07, 6.45) is 4.73. The fraction of sp³-hybridized carbons (Fsp3) is 0.400. The van der Waals surface area contributed by atoms with Gasteiger partial charge in [-0.15, -0.1) is 10.2 Å². The van der Waals surface area contributed by atoms with Crippen LogP contribution in [0, 0.1) is 0 Å². The van der Waals surface area contributed by atoms with Crippen LogP contribution < -0.4 is 14.8 Å². The van der Waals surface area contributed by atoms with Crippen molar-refractivity contribution < 1.29 is 17.9 Å². The summed E-state index contributed by atoms with van der Waals surface area (Å²) in [4.78, 5) is 11.0. The Kier molecular flexibility index (Phi) is 5.19. The molecule has 0 atom stereocenters. The zero-order valence-electron chi connectivity index (χ0n) is 13.6. The van der Waals surface area contributed by atoms with Gasteiger partial charge in [0.25, 0.3) is 14.4 Å². The van der Waals surface area contributed by atoms with Crippen molar-refractivity contribution in [1.82, 2.24) is 10.2 Å². The Morgan fingerprint density at radius 3 is 2.52 bits per heavy atom. The monoisotopic (exact) mass is 382 g/mol. The number of anilines is 2. The molecule has 1 heterocycles. The van der Waals surface area contributed by atoms with Crippen LogP contribution in [-0.4, -0.2) is 30.6 Å². The SMILES string of the molecule is CC(=O)Nc1nnc(S(=O)(=O)Nc2ccc(OC3CCCC3)cc2)s1. The smallest absolute Gasteiger partial charge is 0.291 e. The number of carbonyl (C=O) groups excluding carboxylic acids is 1. The van der Waals surface area contributed by atoms with E-state index in [-0.39, 0.29) is 21.5 Å². The molecule has 2 aromatic rings. The standard InChI is InChI=1S/C15H18N4O4S2/c1-10(20)16-14-17-18-15(24-14)25(21,22)19-11-6-8-13(9-7-11)23-12-4-2-3-5-12/h6-9,12,19H,2-5H2,1H3,(H,16,17,20). The van der Waals surface area contributed by atoms with Crippen LogP contribution in [-0.2, 0) is 14.8 Å². The Hall–Kier alpha value is -2.20. The second-order valence-corrected chi connectivity index (χ2v) is 8.54. The average Bonchev–Trinajstić information content (AvgIpc) is 3.20. The number of nitrogens with one attached hydrogen (secondary N) is 2. The molecule has 8 nitrogen and oxygen atoms in total. The van der Waals surface area contributed by atoms with Gasteiger partial charge < -0.3 is 10.1 Å². The molecule has 134 valence electrons. The van der Waals surface area contributed by atoms with Gasteiger partial charge in [0, 0.05) is 12.6 Å². The maximum atomic E-state index is 12.3. The van der Waals surface area contributed by atoms with Gasteiger partial charge in [0.1, 0.15) is 5.75 Å². The van der Waals surface area contributed by atoms with E-state index in [1.165, 1.54) is 19.8 Å². The van der Waals surface area contributed by atoms with Crippen molar-refractivity contribution in [1.29, 1.82) is 0 Å². The number of sulfonamides is 1. The van der Waals surface area contributed by atoms with Crippen molar-refractivity contribution >= 4 is 38.1 Å². The normalized spacial score (nSPS) is 15.1. The fourth-order valence-corrected chi connectivity index (χ4v) is 4.52. The molecule has 1 saturated carbocycles. The minimum atomic E-state index is -3.86. The summed E-state index contributed by atoms with van der Waals surface area (Å²) in [5.41, 5.74) is 0.398. The highest BCUT2D eigenvalue weighted by Crippen LogP contribution is 2.26. The van der Waals surface area contributed by atoms with E-state index in [4.69, 9.17) is 4.74 Å². The Labute approximate surface area is 149 Å². The zero-order chi connectivity index (χ0) is 17.9. The highest BCUT2D eigenvalue weighted by Gasteiger charge is 2.21. The van der Waals surface area contributed by atoms with Crippen LogP contribution in [0.4, 0.5) is 10.8 Å². The molecular weight excluding hydrogens is 364 g/mol. The number of hydrogen-bond donors (Lipinski definition) is 2. The first-order valence-corrected chi connectivity index (χ1v) is 10.1. The molecular formula is C15H18N4O4S2. The van der Waals surface area contributed by atoms with Crippen LogP contribution in [0.1, 0.15) is 32.6 Å². The molecule has 0 unspecified atom stereocenters. The minimum Gasteiger partial charge on any atom is -0.490 e. The second kappa shape index (κ2) is 7.36. The molecule has 1 aromatic carbocycles. The van der Waals surface area contributed by atoms with Crippen molar-refractivity contribution in [3.63, 3.8) is 0 Å². The Bertz CT molecular complexity index is 843. The maximum absolute atomic E-state index is 12.3. The highest BCUT2D eigenvalue weighted by molar-refractivity contribution is 7.94. The molecule has 1 fully saturated rings. The molecule has 0 radical (unpaired) electrons. The van der Waals surface area contributed by atoms with Crippen LogP contribution in [0.25, 0.3) is 0 Å². The number of carbonyl (C=O) groups is 1. The van der Waals surface area contributed by atoms with E-state index in [0.717, 1.165) is 29.9 Å². The molecule has 1 amide bonds. The van der Waals surface area contributed by atoms with Gasteiger partial charge in [-0.25, -0.2) is 0 Å². The quantitative estimate of drug-likeness (QED) is 0.743. The minimum absolute atomic E-state index is 0.133.